The maximum Gasteiger partial charge on any atom is 0.363 e. The number of ether oxygens (including phenoxy) is 2. The van der Waals surface area contributed by atoms with Gasteiger partial charge in [-0.05, 0) is 42.0 Å². The maximum absolute atomic E-state index is 12.1. The van der Waals surface area contributed by atoms with Crippen molar-refractivity contribution in [2.75, 3.05) is 0 Å². The molecule has 0 saturated heterocycles. The molecule has 1 aliphatic heterocycles. The number of carbonyl (C=O) groups is 1. The second-order valence-electron chi connectivity index (χ2n) is 6.15. The Morgan fingerprint density at radius 1 is 0.929 bits per heavy atom. The van der Waals surface area contributed by atoms with Crippen molar-refractivity contribution < 1.29 is 14.3 Å². The van der Waals surface area contributed by atoms with Gasteiger partial charge in [0.05, 0.1) is 0 Å². The first kappa shape index (κ1) is 18.0. The average Bonchev–Trinajstić information content (AvgIpc) is 3.09. The SMILES string of the molecule is O=C1OC(c2ccccc2)=NC1=Cc1ccc(OCc2ccccc2Cl)cc1. The lowest BCUT2D eigenvalue weighted by Crippen LogP contribution is -2.04. The zero-order valence-electron chi connectivity index (χ0n) is 14.8. The number of hydrogen-bond acceptors (Lipinski definition) is 4. The molecule has 0 N–H and O–H groups in total. The molecule has 0 aromatic heterocycles. The van der Waals surface area contributed by atoms with Gasteiger partial charge in [-0.15, -0.1) is 0 Å². The van der Waals surface area contributed by atoms with Gasteiger partial charge in [-0.25, -0.2) is 9.79 Å². The van der Waals surface area contributed by atoms with Crippen molar-refractivity contribution in [2.45, 2.75) is 6.61 Å². The van der Waals surface area contributed by atoms with Gasteiger partial charge in [0.15, 0.2) is 5.70 Å². The minimum Gasteiger partial charge on any atom is -0.489 e. The van der Waals surface area contributed by atoms with E-state index in [1.807, 2.05) is 78.9 Å². The number of cyclic esters (lactones) is 1. The minimum atomic E-state index is -0.460. The molecular formula is C23H16ClNO3. The van der Waals surface area contributed by atoms with Gasteiger partial charge < -0.3 is 9.47 Å². The molecule has 1 aliphatic rings. The molecule has 0 saturated carbocycles. The van der Waals surface area contributed by atoms with Crippen molar-refractivity contribution >= 4 is 29.5 Å². The van der Waals surface area contributed by atoms with E-state index in [4.69, 9.17) is 21.1 Å². The third kappa shape index (κ3) is 4.13. The molecule has 0 bridgehead atoms. The number of carbonyl (C=O) groups excluding carboxylic acids is 1. The first-order valence-electron chi connectivity index (χ1n) is 8.73. The van der Waals surface area contributed by atoms with Crippen LogP contribution in [0.2, 0.25) is 5.02 Å². The third-order valence-corrected chi connectivity index (χ3v) is 4.55. The third-order valence-electron chi connectivity index (χ3n) is 4.18. The van der Waals surface area contributed by atoms with Gasteiger partial charge in [-0.1, -0.05) is 60.1 Å². The van der Waals surface area contributed by atoms with Gasteiger partial charge in [0.25, 0.3) is 0 Å². The lowest BCUT2D eigenvalue weighted by atomic mass is 10.2. The van der Waals surface area contributed by atoms with Crippen LogP contribution in [0.5, 0.6) is 5.75 Å². The zero-order valence-corrected chi connectivity index (χ0v) is 15.6. The van der Waals surface area contributed by atoms with Crippen molar-refractivity contribution in [1.29, 1.82) is 0 Å². The molecule has 0 radical (unpaired) electrons. The van der Waals surface area contributed by atoms with E-state index in [1.165, 1.54) is 0 Å². The zero-order chi connectivity index (χ0) is 19.3. The molecule has 4 rings (SSSR count). The number of aliphatic imine (C=N–C) groups is 1. The normalized spacial score (nSPS) is 14.7. The Morgan fingerprint density at radius 3 is 2.39 bits per heavy atom. The Hall–Kier alpha value is -3.37. The minimum absolute atomic E-state index is 0.267. The second kappa shape index (κ2) is 8.11. The number of rotatable bonds is 5. The summed E-state index contributed by atoms with van der Waals surface area (Å²) in [6.45, 7) is 0.386. The van der Waals surface area contributed by atoms with Gasteiger partial charge in [0.1, 0.15) is 12.4 Å². The van der Waals surface area contributed by atoms with E-state index in [0.717, 1.165) is 16.7 Å². The van der Waals surface area contributed by atoms with E-state index in [2.05, 4.69) is 4.99 Å². The van der Waals surface area contributed by atoms with Gasteiger partial charge in [0.2, 0.25) is 5.90 Å². The number of halogens is 1. The molecule has 0 spiro atoms. The quantitative estimate of drug-likeness (QED) is 0.441. The monoisotopic (exact) mass is 389 g/mol. The molecule has 0 unspecified atom stereocenters. The molecule has 3 aromatic carbocycles. The summed E-state index contributed by atoms with van der Waals surface area (Å²) in [6, 6.07) is 24.3. The smallest absolute Gasteiger partial charge is 0.363 e. The summed E-state index contributed by atoms with van der Waals surface area (Å²) < 4.78 is 11.0. The van der Waals surface area contributed by atoms with E-state index in [9.17, 15) is 4.79 Å². The largest absolute Gasteiger partial charge is 0.489 e. The van der Waals surface area contributed by atoms with Crippen LogP contribution in [0.15, 0.2) is 89.6 Å². The summed E-state index contributed by atoms with van der Waals surface area (Å²) in [6.07, 6.45) is 1.69. The van der Waals surface area contributed by atoms with E-state index in [-0.39, 0.29) is 5.70 Å². The second-order valence-corrected chi connectivity index (χ2v) is 6.56. The van der Waals surface area contributed by atoms with E-state index in [0.29, 0.717) is 23.3 Å². The van der Waals surface area contributed by atoms with Crippen molar-refractivity contribution in [1.82, 2.24) is 0 Å². The van der Waals surface area contributed by atoms with Crippen molar-refractivity contribution in [3.05, 3.63) is 106 Å². The Morgan fingerprint density at radius 2 is 1.64 bits per heavy atom. The highest BCUT2D eigenvalue weighted by atomic mass is 35.5. The molecule has 0 fully saturated rings. The summed E-state index contributed by atoms with van der Waals surface area (Å²) in [5.41, 5.74) is 2.79. The van der Waals surface area contributed by atoms with Crippen LogP contribution in [0.4, 0.5) is 0 Å². The fourth-order valence-electron chi connectivity index (χ4n) is 2.71. The van der Waals surface area contributed by atoms with Crippen LogP contribution >= 0.6 is 11.6 Å². The molecule has 1 heterocycles. The van der Waals surface area contributed by atoms with Crippen molar-refractivity contribution in [3.8, 4) is 5.75 Å². The van der Waals surface area contributed by atoms with E-state index < -0.39 is 5.97 Å². The molecule has 28 heavy (non-hydrogen) atoms. The first-order valence-corrected chi connectivity index (χ1v) is 9.11. The summed E-state index contributed by atoms with van der Waals surface area (Å²) in [5, 5.41) is 0.677. The predicted molar refractivity (Wildman–Crippen MR) is 109 cm³/mol. The number of esters is 1. The molecule has 5 heteroatoms. The topological polar surface area (TPSA) is 47.9 Å². The van der Waals surface area contributed by atoms with Crippen LogP contribution in [0.25, 0.3) is 6.08 Å². The standard InChI is InChI=1S/C23H16ClNO3/c24-20-9-5-4-8-18(20)15-27-19-12-10-16(11-13-19)14-21-23(26)28-22(25-21)17-6-2-1-3-7-17/h1-14H,15H2. The maximum atomic E-state index is 12.1. The van der Waals surface area contributed by atoms with Gasteiger partial charge in [0, 0.05) is 16.1 Å². The molecule has 0 amide bonds. The van der Waals surface area contributed by atoms with Crippen LogP contribution in [-0.4, -0.2) is 11.9 Å². The van der Waals surface area contributed by atoms with Crippen LogP contribution in [0, 0.1) is 0 Å². The lowest BCUT2D eigenvalue weighted by molar-refractivity contribution is -0.129. The molecule has 0 aliphatic carbocycles. The van der Waals surface area contributed by atoms with Crippen LogP contribution in [-0.2, 0) is 16.1 Å². The van der Waals surface area contributed by atoms with E-state index in [1.54, 1.807) is 6.08 Å². The number of hydrogen-bond donors (Lipinski definition) is 0. The highest BCUT2D eigenvalue weighted by Gasteiger charge is 2.23. The molecular weight excluding hydrogens is 374 g/mol. The molecule has 3 aromatic rings. The summed E-state index contributed by atoms with van der Waals surface area (Å²) in [4.78, 5) is 16.4. The highest BCUT2D eigenvalue weighted by molar-refractivity contribution is 6.31. The summed E-state index contributed by atoms with van der Waals surface area (Å²) in [7, 11) is 0. The molecule has 4 nitrogen and oxygen atoms in total. The number of benzene rings is 3. The predicted octanol–water partition coefficient (Wildman–Crippen LogP) is 5.26. The average molecular weight is 390 g/mol. The summed E-state index contributed by atoms with van der Waals surface area (Å²) >= 11 is 6.14. The Bertz CT molecular complexity index is 1060. The Kier molecular flexibility index (Phi) is 5.22. The Balaban J connectivity index is 1.46. The van der Waals surface area contributed by atoms with Gasteiger partial charge in [-0.2, -0.15) is 0 Å². The van der Waals surface area contributed by atoms with Gasteiger partial charge >= 0.3 is 5.97 Å². The van der Waals surface area contributed by atoms with Crippen LogP contribution in [0.1, 0.15) is 16.7 Å². The van der Waals surface area contributed by atoms with Gasteiger partial charge in [-0.3, -0.25) is 0 Å². The number of nitrogens with zero attached hydrogens (tertiary/aromatic N) is 1. The molecule has 0 atom stereocenters. The summed E-state index contributed by atoms with van der Waals surface area (Å²) in [5.74, 6) is 0.569. The first-order chi connectivity index (χ1) is 13.7. The fraction of sp³-hybridized carbons (Fsp3) is 0.0435. The van der Waals surface area contributed by atoms with Crippen LogP contribution < -0.4 is 4.74 Å². The van der Waals surface area contributed by atoms with Crippen molar-refractivity contribution in [2.24, 2.45) is 4.99 Å². The fourth-order valence-corrected chi connectivity index (χ4v) is 2.90. The van der Waals surface area contributed by atoms with E-state index >= 15 is 0 Å². The lowest BCUT2D eigenvalue weighted by Gasteiger charge is -2.07. The highest BCUT2D eigenvalue weighted by Crippen LogP contribution is 2.22. The Labute approximate surface area is 167 Å². The molecule has 138 valence electrons. The van der Waals surface area contributed by atoms with Crippen molar-refractivity contribution in [3.63, 3.8) is 0 Å². The van der Waals surface area contributed by atoms with Crippen LogP contribution in [0.3, 0.4) is 0 Å².